The largest absolute Gasteiger partial charge is 0.504 e. The van der Waals surface area contributed by atoms with Crippen LogP contribution in [0.1, 0.15) is 72.2 Å². The fourth-order valence-corrected chi connectivity index (χ4v) is 6.05. The molecule has 0 bridgehead atoms. The maximum absolute atomic E-state index is 13.3. The lowest BCUT2D eigenvalue weighted by atomic mass is 9.93. The molecule has 2 aliphatic rings. The van der Waals surface area contributed by atoms with E-state index < -0.39 is 53.4 Å². The van der Waals surface area contributed by atoms with Crippen LogP contribution in [0.5, 0.6) is 11.5 Å². The molecule has 0 aromatic heterocycles. The minimum atomic E-state index is -1.27. The van der Waals surface area contributed by atoms with Crippen LogP contribution in [0.3, 0.4) is 0 Å². The van der Waals surface area contributed by atoms with Gasteiger partial charge in [0, 0.05) is 55.9 Å². The third kappa shape index (κ3) is 11.6. The van der Waals surface area contributed by atoms with Crippen LogP contribution >= 0.6 is 0 Å². The highest BCUT2D eigenvalue weighted by Crippen LogP contribution is 2.32. The number of aromatic hydroxyl groups is 1. The van der Waals surface area contributed by atoms with E-state index in [1.807, 2.05) is 41.5 Å². The Labute approximate surface area is 305 Å². The first-order valence-corrected chi connectivity index (χ1v) is 17.1. The zero-order valence-corrected chi connectivity index (χ0v) is 31.7. The molecule has 0 spiro atoms. The summed E-state index contributed by atoms with van der Waals surface area (Å²) in [7, 11) is 1.61. The summed E-state index contributed by atoms with van der Waals surface area (Å²) in [6.45, 7) is 15.0. The highest BCUT2D eigenvalue weighted by Gasteiger charge is 2.38. The summed E-state index contributed by atoms with van der Waals surface area (Å²) in [5.74, 6) is 4.92. The van der Waals surface area contributed by atoms with Crippen molar-refractivity contribution in [2.24, 2.45) is 17.0 Å². The van der Waals surface area contributed by atoms with E-state index in [1.54, 1.807) is 27.1 Å². The molecular weight excluding hydrogens is 678 g/mol. The second-order valence-electron chi connectivity index (χ2n) is 16.0. The fraction of sp³-hybridized carbons (Fsp3) is 0.639. The zero-order chi connectivity index (χ0) is 39.4. The van der Waals surface area contributed by atoms with Crippen molar-refractivity contribution < 1.29 is 53.8 Å². The molecule has 292 valence electrons. The highest BCUT2D eigenvalue weighted by atomic mass is 16.7. The number of aliphatic hydroxyl groups is 3. The number of hydrogen-bond acceptors (Lipinski definition) is 14. The molecular formula is C36H57N5O11. The number of imide groups is 1. The second-order valence-corrected chi connectivity index (χ2v) is 16.0. The number of phenols is 1. The van der Waals surface area contributed by atoms with Crippen LogP contribution in [0.4, 0.5) is 0 Å². The van der Waals surface area contributed by atoms with Crippen LogP contribution in [0.2, 0.25) is 0 Å². The smallest absolute Gasteiger partial charge is 0.253 e. The van der Waals surface area contributed by atoms with Gasteiger partial charge < -0.3 is 55.0 Å². The van der Waals surface area contributed by atoms with Crippen LogP contribution in [0, 0.1) is 5.41 Å². The van der Waals surface area contributed by atoms with Gasteiger partial charge in [-0.1, -0.05) is 13.8 Å². The minimum absolute atomic E-state index is 0.000351. The van der Waals surface area contributed by atoms with E-state index in [9.17, 15) is 34.8 Å². The van der Waals surface area contributed by atoms with E-state index in [-0.39, 0.29) is 67.4 Å². The second kappa shape index (κ2) is 16.5. The van der Waals surface area contributed by atoms with Gasteiger partial charge in [0.2, 0.25) is 6.29 Å². The van der Waals surface area contributed by atoms with Crippen LogP contribution in [-0.2, 0) is 23.8 Å². The Balaban J connectivity index is 1.55. The van der Waals surface area contributed by atoms with E-state index >= 15 is 0 Å². The van der Waals surface area contributed by atoms with Crippen LogP contribution in [-0.4, -0.2) is 134 Å². The Bertz CT molecular complexity index is 1490. The first kappa shape index (κ1) is 42.6. The number of ether oxygens (including phenoxy) is 4. The lowest BCUT2D eigenvalue weighted by Crippen LogP contribution is -2.51. The van der Waals surface area contributed by atoms with E-state index in [1.165, 1.54) is 45.2 Å². The van der Waals surface area contributed by atoms with E-state index in [0.717, 1.165) is 0 Å². The van der Waals surface area contributed by atoms with Gasteiger partial charge in [0.05, 0.1) is 42.8 Å². The quantitative estimate of drug-likeness (QED) is 0.0744. The van der Waals surface area contributed by atoms with E-state index in [0.29, 0.717) is 5.70 Å². The van der Waals surface area contributed by atoms with Gasteiger partial charge in [-0.05, 0) is 59.7 Å². The molecule has 1 aromatic carbocycles. The van der Waals surface area contributed by atoms with Gasteiger partial charge in [-0.2, -0.15) is 0 Å². The molecule has 3 amide bonds. The van der Waals surface area contributed by atoms with Crippen molar-refractivity contribution in [3.63, 3.8) is 0 Å². The van der Waals surface area contributed by atoms with Crippen molar-refractivity contribution in [1.82, 2.24) is 14.8 Å². The number of hydrazine groups is 1. The predicted molar refractivity (Wildman–Crippen MR) is 190 cm³/mol. The molecule has 16 heteroatoms. The lowest BCUT2D eigenvalue weighted by Gasteiger charge is -2.40. The molecule has 2 aliphatic heterocycles. The molecule has 52 heavy (non-hydrogen) atoms. The van der Waals surface area contributed by atoms with E-state index in [4.69, 9.17) is 30.5 Å². The molecule has 0 radical (unpaired) electrons. The van der Waals surface area contributed by atoms with Crippen molar-refractivity contribution in [3.05, 3.63) is 47.8 Å². The van der Waals surface area contributed by atoms with Gasteiger partial charge in [0.25, 0.3) is 17.7 Å². The summed E-state index contributed by atoms with van der Waals surface area (Å²) in [5.41, 5.74) is 3.82. The molecule has 0 unspecified atom stereocenters. The first-order valence-electron chi connectivity index (χ1n) is 17.1. The van der Waals surface area contributed by atoms with Gasteiger partial charge in [-0.3, -0.25) is 19.3 Å². The van der Waals surface area contributed by atoms with Gasteiger partial charge in [-0.15, -0.1) is 0 Å². The minimum Gasteiger partial charge on any atom is -0.504 e. The number of phenolic OH excluding ortho intramolecular Hbond substituents is 1. The molecule has 0 saturated carbocycles. The monoisotopic (exact) mass is 735 g/mol. The summed E-state index contributed by atoms with van der Waals surface area (Å²) >= 11 is 0. The number of carbonyl (C=O) groups excluding carboxylic acids is 3. The molecule has 1 fully saturated rings. The van der Waals surface area contributed by atoms with Gasteiger partial charge in [0.15, 0.2) is 11.5 Å². The molecule has 1 aromatic rings. The summed E-state index contributed by atoms with van der Waals surface area (Å²) in [4.78, 5) is 40.0. The van der Waals surface area contributed by atoms with Gasteiger partial charge >= 0.3 is 0 Å². The number of aliphatic hydroxyl groups excluding tert-OH is 3. The Kier molecular flexibility index (Phi) is 13.5. The molecule has 3 rings (SSSR count). The number of benzene rings is 1. The molecule has 2 heterocycles. The van der Waals surface area contributed by atoms with Crippen molar-refractivity contribution >= 4 is 17.7 Å². The molecule has 16 nitrogen and oxygen atoms in total. The molecule has 1 saturated heterocycles. The number of amides is 3. The summed E-state index contributed by atoms with van der Waals surface area (Å²) in [6, 6.07) is 4.13. The summed E-state index contributed by atoms with van der Waals surface area (Å²) < 4.78 is 23.7. The number of hydrogen-bond donors (Lipinski definition) is 6. The fourth-order valence-electron chi connectivity index (χ4n) is 6.05. The predicted octanol–water partition coefficient (Wildman–Crippen LogP) is 0.968. The van der Waals surface area contributed by atoms with Crippen LogP contribution in [0.15, 0.2) is 42.2 Å². The molecule has 8 N–H and O–H groups in total. The number of likely N-dealkylation sites (N-methyl/N-ethyl adjacent to an activating group) is 1. The normalized spacial score (nSPS) is 21.9. The highest BCUT2D eigenvalue weighted by molar-refractivity contribution is 6.12. The number of nitrogens with zero attached hydrogens (tertiary/aromatic N) is 3. The lowest BCUT2D eigenvalue weighted by molar-refractivity contribution is -0.230. The van der Waals surface area contributed by atoms with E-state index in [2.05, 4.69) is 0 Å². The average Bonchev–Trinajstić information content (AvgIpc) is 3.32. The van der Waals surface area contributed by atoms with Crippen molar-refractivity contribution in [1.29, 1.82) is 0 Å². The summed E-state index contributed by atoms with van der Waals surface area (Å²) in [6.07, 6.45) is -0.564. The van der Waals surface area contributed by atoms with Gasteiger partial charge in [-0.25, -0.2) is 5.84 Å². The Morgan fingerprint density at radius 2 is 1.63 bits per heavy atom. The Morgan fingerprint density at radius 3 is 2.21 bits per heavy atom. The van der Waals surface area contributed by atoms with Crippen molar-refractivity contribution in [3.8, 4) is 11.5 Å². The topological polar surface area (TPSA) is 231 Å². The standard InChI is InChI=1S/C36H57N5O11/c1-33(2,18-41-28(45)12-13-29(41)46)21-49-36(7,8)27(37)16-40(38)20-35(5,6)52-34(3,4)19-39(9)32(48)22-10-11-25(23(43)14-22)50-30-15-24(44)31(47)26(17-42)51-30/h10-14,16,24,26,30-31,42-44,47H,15,17-21,37-38H2,1-9H3/b27-16-/t24-,26-,30-,31-/m1/s1. The number of nitrogens with two attached hydrogens (primary N) is 2. The Hall–Kier alpha value is -3.77. The SMILES string of the molecule is CN(CC(C)(C)OC(C)(C)CN(N)/C=C(\N)C(C)(C)OCC(C)(C)CN1C(=O)C=CC1=O)C(=O)c1ccc(O[C@H]2C[C@@H](O)[C@@H](O)[C@@H](CO)O2)c(O)c1. The third-order valence-corrected chi connectivity index (χ3v) is 8.57. The van der Waals surface area contributed by atoms with Crippen molar-refractivity contribution in [2.75, 3.05) is 39.9 Å². The average molecular weight is 736 g/mol. The van der Waals surface area contributed by atoms with Crippen LogP contribution in [0.25, 0.3) is 0 Å². The van der Waals surface area contributed by atoms with Crippen molar-refractivity contribution in [2.45, 2.75) is 103 Å². The Morgan fingerprint density at radius 1 is 1.04 bits per heavy atom. The number of rotatable bonds is 17. The number of carbonyl (C=O) groups is 3. The first-order chi connectivity index (χ1) is 23.8. The maximum atomic E-state index is 13.3. The summed E-state index contributed by atoms with van der Waals surface area (Å²) in [5, 5.41) is 41.4. The van der Waals surface area contributed by atoms with Gasteiger partial charge in [0.1, 0.15) is 17.8 Å². The molecule has 0 aliphatic carbocycles. The molecule has 4 atom stereocenters. The third-order valence-electron chi connectivity index (χ3n) is 8.57. The maximum Gasteiger partial charge on any atom is 0.253 e. The zero-order valence-electron chi connectivity index (χ0n) is 31.7. The van der Waals surface area contributed by atoms with Crippen LogP contribution < -0.4 is 16.3 Å².